The number of sulfonamides is 1. The predicted molar refractivity (Wildman–Crippen MR) is 82.7 cm³/mol. The zero-order chi connectivity index (χ0) is 15.3. The molecule has 0 radical (unpaired) electrons. The van der Waals surface area contributed by atoms with Crippen LogP contribution in [-0.4, -0.2) is 25.1 Å². The molecular weight excluding hydrogens is 308 g/mol. The molecule has 0 aliphatic rings. The molecule has 0 fully saturated rings. The average Bonchev–Trinajstić information content (AvgIpc) is 2.89. The van der Waals surface area contributed by atoms with E-state index in [-0.39, 0.29) is 18.0 Å². The second kappa shape index (κ2) is 7.13. The van der Waals surface area contributed by atoms with Crippen molar-refractivity contribution in [3.05, 3.63) is 45.9 Å². The summed E-state index contributed by atoms with van der Waals surface area (Å²) in [5.74, 6) is 0. The Morgan fingerprint density at radius 1 is 1.29 bits per heavy atom. The zero-order valence-electron chi connectivity index (χ0n) is 11.7. The van der Waals surface area contributed by atoms with Crippen LogP contribution in [0.25, 0.3) is 0 Å². The van der Waals surface area contributed by atoms with Crippen LogP contribution in [0.15, 0.2) is 34.5 Å². The topological polar surface area (TPSA) is 79.3 Å². The van der Waals surface area contributed by atoms with E-state index in [0.717, 1.165) is 22.7 Å². The lowest BCUT2D eigenvalue weighted by molar-refractivity contribution is 0.288. The molecule has 0 unspecified atom stereocenters. The number of benzene rings is 1. The summed E-state index contributed by atoms with van der Waals surface area (Å²) in [5.41, 5.74) is 1.73. The van der Waals surface area contributed by atoms with Crippen molar-refractivity contribution in [2.45, 2.75) is 31.2 Å². The van der Waals surface area contributed by atoms with Gasteiger partial charge in [-0.2, -0.15) is 0 Å². The van der Waals surface area contributed by atoms with Gasteiger partial charge in [0.05, 0.1) is 22.1 Å². The highest BCUT2D eigenvalue weighted by molar-refractivity contribution is 7.89. The molecule has 0 spiro atoms. The second-order valence-corrected chi connectivity index (χ2v) is 7.48. The summed E-state index contributed by atoms with van der Waals surface area (Å²) in [5, 5.41) is 11.5. The molecule has 0 saturated carbocycles. The van der Waals surface area contributed by atoms with E-state index in [0.29, 0.717) is 6.42 Å². The quantitative estimate of drug-likeness (QED) is 0.814. The van der Waals surface area contributed by atoms with E-state index in [1.807, 2.05) is 12.3 Å². The van der Waals surface area contributed by atoms with Crippen molar-refractivity contribution in [3.8, 4) is 0 Å². The fourth-order valence-corrected chi connectivity index (χ4v) is 3.47. The first-order valence-corrected chi connectivity index (χ1v) is 8.98. The number of nitrogens with zero attached hydrogens (tertiary/aromatic N) is 1. The third-order valence-corrected chi connectivity index (χ3v) is 5.21. The number of hydrogen-bond acceptors (Lipinski definition) is 5. The Kier molecular flexibility index (Phi) is 5.46. The van der Waals surface area contributed by atoms with Crippen LogP contribution in [0, 0.1) is 6.92 Å². The minimum Gasteiger partial charge on any atom is -0.396 e. The van der Waals surface area contributed by atoms with E-state index < -0.39 is 10.0 Å². The standard InChI is InChI=1S/C14H18N2O3S2/c1-11-16-13(10-20-11)9-15-21(18,19)14-6-4-12(5-7-14)3-2-8-17/h4-7,10,15,17H,2-3,8-9H2,1H3. The monoisotopic (exact) mass is 326 g/mol. The third-order valence-electron chi connectivity index (χ3n) is 2.97. The van der Waals surface area contributed by atoms with Crippen molar-refractivity contribution < 1.29 is 13.5 Å². The van der Waals surface area contributed by atoms with Gasteiger partial charge in [0.1, 0.15) is 0 Å². The molecular formula is C14H18N2O3S2. The van der Waals surface area contributed by atoms with Crippen molar-refractivity contribution >= 4 is 21.4 Å². The Balaban J connectivity index is 2.01. The Morgan fingerprint density at radius 2 is 2.00 bits per heavy atom. The van der Waals surface area contributed by atoms with Crippen molar-refractivity contribution in [1.29, 1.82) is 0 Å². The van der Waals surface area contributed by atoms with Gasteiger partial charge < -0.3 is 5.11 Å². The summed E-state index contributed by atoms with van der Waals surface area (Å²) in [6.07, 6.45) is 1.41. The summed E-state index contributed by atoms with van der Waals surface area (Å²) in [6, 6.07) is 6.72. The summed E-state index contributed by atoms with van der Waals surface area (Å²) < 4.78 is 26.9. The number of rotatable bonds is 7. The first-order chi connectivity index (χ1) is 10.0. The average molecular weight is 326 g/mol. The zero-order valence-corrected chi connectivity index (χ0v) is 13.4. The molecule has 0 aliphatic carbocycles. The lowest BCUT2D eigenvalue weighted by Gasteiger charge is -2.06. The third kappa shape index (κ3) is 4.60. The van der Waals surface area contributed by atoms with E-state index in [1.165, 1.54) is 11.3 Å². The van der Waals surface area contributed by atoms with Crippen molar-refractivity contribution in [1.82, 2.24) is 9.71 Å². The molecule has 0 amide bonds. The number of aliphatic hydroxyl groups excluding tert-OH is 1. The maximum absolute atomic E-state index is 12.2. The first kappa shape index (κ1) is 16.1. The molecule has 1 aromatic heterocycles. The van der Waals surface area contributed by atoms with Gasteiger partial charge >= 0.3 is 0 Å². The van der Waals surface area contributed by atoms with Crippen LogP contribution in [0.3, 0.4) is 0 Å². The maximum Gasteiger partial charge on any atom is 0.240 e. The minimum absolute atomic E-state index is 0.134. The highest BCUT2D eigenvalue weighted by Gasteiger charge is 2.14. The molecule has 0 aliphatic heterocycles. The van der Waals surface area contributed by atoms with E-state index in [1.54, 1.807) is 24.3 Å². The summed E-state index contributed by atoms with van der Waals surface area (Å²) in [4.78, 5) is 4.46. The normalized spacial score (nSPS) is 11.7. The molecule has 114 valence electrons. The highest BCUT2D eigenvalue weighted by Crippen LogP contribution is 2.13. The van der Waals surface area contributed by atoms with E-state index in [9.17, 15) is 8.42 Å². The van der Waals surface area contributed by atoms with Gasteiger partial charge in [0.25, 0.3) is 0 Å². The van der Waals surface area contributed by atoms with E-state index in [2.05, 4.69) is 9.71 Å². The highest BCUT2D eigenvalue weighted by atomic mass is 32.2. The molecule has 0 atom stereocenters. The van der Waals surface area contributed by atoms with Gasteiger partial charge in [-0.05, 0) is 37.5 Å². The molecule has 1 heterocycles. The van der Waals surface area contributed by atoms with E-state index >= 15 is 0 Å². The van der Waals surface area contributed by atoms with Gasteiger partial charge in [-0.25, -0.2) is 18.1 Å². The largest absolute Gasteiger partial charge is 0.396 e. The molecule has 21 heavy (non-hydrogen) atoms. The summed E-state index contributed by atoms with van der Waals surface area (Å²) in [6.45, 7) is 2.21. The fraction of sp³-hybridized carbons (Fsp3) is 0.357. The van der Waals surface area contributed by atoms with Gasteiger partial charge in [0, 0.05) is 12.0 Å². The van der Waals surface area contributed by atoms with Crippen LogP contribution >= 0.6 is 11.3 Å². The van der Waals surface area contributed by atoms with Crippen molar-refractivity contribution in [3.63, 3.8) is 0 Å². The number of aliphatic hydroxyl groups is 1. The molecule has 1 aromatic carbocycles. The number of aromatic nitrogens is 1. The number of nitrogens with one attached hydrogen (secondary N) is 1. The first-order valence-electron chi connectivity index (χ1n) is 6.62. The Morgan fingerprint density at radius 3 is 2.57 bits per heavy atom. The van der Waals surface area contributed by atoms with Crippen LogP contribution in [0.5, 0.6) is 0 Å². The molecule has 2 rings (SSSR count). The second-order valence-electron chi connectivity index (χ2n) is 4.65. The smallest absolute Gasteiger partial charge is 0.240 e. The van der Waals surface area contributed by atoms with Crippen LogP contribution in [0.4, 0.5) is 0 Å². The van der Waals surface area contributed by atoms with E-state index in [4.69, 9.17) is 5.11 Å². The SMILES string of the molecule is Cc1nc(CNS(=O)(=O)c2ccc(CCCO)cc2)cs1. The molecule has 0 bridgehead atoms. The van der Waals surface area contributed by atoms with Crippen molar-refractivity contribution in [2.75, 3.05) is 6.61 Å². The molecule has 0 saturated heterocycles. The Bertz CT molecular complexity index is 678. The van der Waals surface area contributed by atoms with Crippen molar-refractivity contribution in [2.24, 2.45) is 0 Å². The van der Waals surface area contributed by atoms with Crippen LogP contribution in [0.1, 0.15) is 22.7 Å². The minimum atomic E-state index is -3.52. The molecule has 2 aromatic rings. The van der Waals surface area contributed by atoms with Crippen LogP contribution < -0.4 is 4.72 Å². The maximum atomic E-state index is 12.2. The van der Waals surface area contributed by atoms with Crippen LogP contribution in [-0.2, 0) is 23.0 Å². The van der Waals surface area contributed by atoms with Gasteiger partial charge in [0.2, 0.25) is 10.0 Å². The predicted octanol–water partition coefficient (Wildman–Crippen LogP) is 1.85. The van der Waals surface area contributed by atoms with Gasteiger partial charge in [0.15, 0.2) is 0 Å². The summed E-state index contributed by atoms with van der Waals surface area (Å²) >= 11 is 1.49. The molecule has 7 heteroatoms. The fourth-order valence-electron chi connectivity index (χ4n) is 1.86. The number of hydrogen-bond donors (Lipinski definition) is 2. The van der Waals surface area contributed by atoms with Gasteiger partial charge in [-0.1, -0.05) is 12.1 Å². The number of aryl methyl sites for hydroxylation is 2. The molecule has 5 nitrogen and oxygen atoms in total. The van der Waals surface area contributed by atoms with Gasteiger partial charge in [-0.3, -0.25) is 0 Å². The lowest BCUT2D eigenvalue weighted by atomic mass is 10.1. The van der Waals surface area contributed by atoms with Gasteiger partial charge in [-0.15, -0.1) is 11.3 Å². The van der Waals surface area contributed by atoms with Crippen LogP contribution in [0.2, 0.25) is 0 Å². The number of thiazole rings is 1. The molecule has 2 N–H and O–H groups in total. The summed E-state index contributed by atoms with van der Waals surface area (Å²) in [7, 11) is -3.52. The Labute approximate surface area is 128 Å². The lowest BCUT2D eigenvalue weighted by Crippen LogP contribution is -2.23. The Hall–Kier alpha value is -1.28.